The van der Waals surface area contributed by atoms with Crippen molar-refractivity contribution in [2.75, 3.05) is 0 Å². The normalized spacial score (nSPS) is 18.8. The smallest absolute Gasteiger partial charge is 0.207 e. The van der Waals surface area contributed by atoms with Crippen molar-refractivity contribution < 1.29 is 4.74 Å². The van der Waals surface area contributed by atoms with Crippen LogP contribution in [0.3, 0.4) is 0 Å². The van der Waals surface area contributed by atoms with Gasteiger partial charge in [0.05, 0.1) is 0 Å². The van der Waals surface area contributed by atoms with E-state index in [2.05, 4.69) is 23.3 Å². The van der Waals surface area contributed by atoms with Crippen molar-refractivity contribution in [2.45, 2.75) is 38.2 Å². The number of nitrogens with zero attached hydrogens (tertiary/aromatic N) is 2. The molecule has 0 radical (unpaired) electrons. The molecule has 0 amide bonds. The Hall–Kier alpha value is -1.12. The summed E-state index contributed by atoms with van der Waals surface area (Å²) in [7, 11) is 0. The Labute approximate surface area is 79.2 Å². The highest BCUT2D eigenvalue weighted by molar-refractivity contribution is 5.62. The quantitative estimate of drug-likeness (QED) is 0.372. The lowest BCUT2D eigenvalue weighted by Crippen LogP contribution is -2.15. The van der Waals surface area contributed by atoms with E-state index in [1.165, 1.54) is 25.6 Å². The van der Waals surface area contributed by atoms with E-state index in [0.29, 0.717) is 12.0 Å². The zero-order valence-corrected chi connectivity index (χ0v) is 7.91. The molecule has 1 fully saturated rings. The first kappa shape index (κ1) is 9.96. The molecule has 1 rings (SSSR count). The number of aliphatic imine (C=N–C) groups is 2. The van der Waals surface area contributed by atoms with Crippen LogP contribution in [0.4, 0.5) is 0 Å². The molecule has 0 atom stereocenters. The summed E-state index contributed by atoms with van der Waals surface area (Å²) >= 11 is 0. The van der Waals surface area contributed by atoms with E-state index in [9.17, 15) is 0 Å². The van der Waals surface area contributed by atoms with Gasteiger partial charge in [0.2, 0.25) is 5.88 Å². The van der Waals surface area contributed by atoms with Gasteiger partial charge >= 0.3 is 0 Å². The van der Waals surface area contributed by atoms with Gasteiger partial charge in [0.25, 0.3) is 0 Å². The van der Waals surface area contributed by atoms with Crippen molar-refractivity contribution in [3.8, 4) is 0 Å². The minimum absolute atomic E-state index is 0.309. The Bertz CT molecular complexity index is 205. The summed E-state index contributed by atoms with van der Waals surface area (Å²) in [5, 5.41) is 0. The zero-order valence-electron chi connectivity index (χ0n) is 7.91. The van der Waals surface area contributed by atoms with Crippen LogP contribution in [0.25, 0.3) is 0 Å². The van der Waals surface area contributed by atoms with Gasteiger partial charge in [-0.1, -0.05) is 6.42 Å². The van der Waals surface area contributed by atoms with Gasteiger partial charge in [0, 0.05) is 0 Å². The molecular weight excluding hydrogens is 164 g/mol. The summed E-state index contributed by atoms with van der Waals surface area (Å²) in [4.78, 5) is 7.35. The third-order valence-corrected chi connectivity index (χ3v) is 2.14. The molecule has 0 N–H and O–H groups in total. The molecule has 3 nitrogen and oxygen atoms in total. The third-order valence-electron chi connectivity index (χ3n) is 2.14. The molecular formula is C10H16N2O. The van der Waals surface area contributed by atoms with Gasteiger partial charge in [-0.15, -0.1) is 0 Å². The zero-order chi connectivity index (χ0) is 9.52. The number of hydrogen-bond donors (Lipinski definition) is 0. The second-order valence-electron chi connectivity index (χ2n) is 3.20. The molecule has 13 heavy (non-hydrogen) atoms. The van der Waals surface area contributed by atoms with E-state index >= 15 is 0 Å². The fourth-order valence-electron chi connectivity index (χ4n) is 1.51. The van der Waals surface area contributed by atoms with Crippen LogP contribution in [0.2, 0.25) is 0 Å². The van der Waals surface area contributed by atoms with E-state index in [1.807, 2.05) is 0 Å². The second-order valence-corrected chi connectivity index (χ2v) is 3.20. The summed E-state index contributed by atoms with van der Waals surface area (Å²) in [6, 6.07) is 0. The summed E-state index contributed by atoms with van der Waals surface area (Å²) in [6.45, 7) is 6.96. The van der Waals surface area contributed by atoms with Crippen molar-refractivity contribution in [1.29, 1.82) is 0 Å². The van der Waals surface area contributed by atoms with E-state index in [4.69, 9.17) is 4.74 Å². The van der Waals surface area contributed by atoms with Crippen molar-refractivity contribution in [1.82, 2.24) is 0 Å². The van der Waals surface area contributed by atoms with E-state index in [0.717, 1.165) is 12.8 Å². The second kappa shape index (κ2) is 5.51. The maximum absolute atomic E-state index is 5.51. The predicted molar refractivity (Wildman–Crippen MR) is 55.1 cm³/mol. The van der Waals surface area contributed by atoms with Crippen LogP contribution < -0.4 is 0 Å². The average Bonchev–Trinajstić information content (AvgIpc) is 2.16. The number of hydrogen-bond acceptors (Lipinski definition) is 2. The summed E-state index contributed by atoms with van der Waals surface area (Å²) in [6.07, 6.45) is 7.73. The third kappa shape index (κ3) is 3.87. The Morgan fingerprint density at radius 2 is 2.00 bits per heavy atom. The highest BCUT2D eigenvalue weighted by atomic mass is 16.5. The molecule has 0 bridgehead atoms. The van der Waals surface area contributed by atoms with E-state index < -0.39 is 0 Å². The Kier molecular flexibility index (Phi) is 4.23. The van der Waals surface area contributed by atoms with Crippen LogP contribution in [0, 0.1) is 0 Å². The van der Waals surface area contributed by atoms with Crippen molar-refractivity contribution in [2.24, 2.45) is 9.98 Å². The summed E-state index contributed by atoms with van der Waals surface area (Å²) in [5.74, 6) is 0.444. The van der Waals surface area contributed by atoms with Crippen LogP contribution in [0.5, 0.6) is 0 Å². The summed E-state index contributed by atoms with van der Waals surface area (Å²) < 4.78 is 5.51. The first-order valence-electron chi connectivity index (χ1n) is 4.67. The highest BCUT2D eigenvalue weighted by Crippen LogP contribution is 2.22. The molecule has 0 saturated heterocycles. The number of rotatable bonds is 4. The van der Waals surface area contributed by atoms with E-state index in [-0.39, 0.29) is 0 Å². The predicted octanol–water partition coefficient (Wildman–Crippen LogP) is 2.54. The first-order chi connectivity index (χ1) is 6.33. The molecule has 0 aromatic carbocycles. The molecule has 0 aliphatic heterocycles. The van der Waals surface area contributed by atoms with Crippen LogP contribution in [-0.2, 0) is 4.74 Å². The molecule has 1 aliphatic carbocycles. The van der Waals surface area contributed by atoms with Crippen LogP contribution in [0.1, 0.15) is 32.1 Å². The topological polar surface area (TPSA) is 34.0 Å². The lowest BCUT2D eigenvalue weighted by molar-refractivity contribution is 0.0824. The van der Waals surface area contributed by atoms with Crippen molar-refractivity contribution in [3.05, 3.63) is 12.5 Å². The van der Waals surface area contributed by atoms with E-state index in [1.54, 1.807) is 0 Å². The lowest BCUT2D eigenvalue weighted by atomic mass is 9.98. The highest BCUT2D eigenvalue weighted by Gasteiger charge is 2.14. The molecule has 1 saturated carbocycles. The fraction of sp³-hybridized carbons (Fsp3) is 0.600. The molecule has 72 valence electrons. The molecule has 1 aliphatic rings. The van der Waals surface area contributed by atoms with Gasteiger partial charge in [-0.3, -0.25) is 4.99 Å². The lowest BCUT2D eigenvalue weighted by Gasteiger charge is -2.22. The molecule has 0 aromatic rings. The van der Waals surface area contributed by atoms with Crippen LogP contribution in [0.15, 0.2) is 22.4 Å². The minimum Gasteiger partial charge on any atom is -0.475 e. The van der Waals surface area contributed by atoms with Gasteiger partial charge in [-0.05, 0) is 39.0 Å². The van der Waals surface area contributed by atoms with Gasteiger partial charge in [0.1, 0.15) is 12.4 Å². The van der Waals surface area contributed by atoms with Crippen molar-refractivity contribution >= 4 is 13.1 Å². The molecule has 3 heteroatoms. The molecule has 0 spiro atoms. The fourth-order valence-corrected chi connectivity index (χ4v) is 1.51. The molecule has 0 unspecified atom stereocenters. The molecule has 0 heterocycles. The Balaban J connectivity index is 2.25. The SMILES string of the molecule is C=NC=NC(=C)OC1CCCCC1. The average molecular weight is 180 g/mol. The van der Waals surface area contributed by atoms with Gasteiger partial charge in [0.15, 0.2) is 0 Å². The first-order valence-corrected chi connectivity index (χ1v) is 4.67. The summed E-state index contributed by atoms with van der Waals surface area (Å²) in [5.41, 5.74) is 0. The minimum atomic E-state index is 0.309. The standard InChI is InChI=1S/C10H16N2O/c1-9(12-8-11-2)13-10-6-4-3-5-7-10/h8,10H,1-7H2. The van der Waals surface area contributed by atoms with Gasteiger partial charge in [-0.2, -0.15) is 0 Å². The largest absolute Gasteiger partial charge is 0.475 e. The van der Waals surface area contributed by atoms with Crippen LogP contribution >= 0.6 is 0 Å². The maximum Gasteiger partial charge on any atom is 0.207 e. The van der Waals surface area contributed by atoms with Crippen LogP contribution in [-0.4, -0.2) is 19.2 Å². The van der Waals surface area contributed by atoms with Gasteiger partial charge < -0.3 is 4.74 Å². The molecule has 0 aromatic heterocycles. The monoisotopic (exact) mass is 180 g/mol. The number of ether oxygens (including phenoxy) is 1. The Morgan fingerprint density at radius 1 is 1.31 bits per heavy atom. The maximum atomic E-state index is 5.51. The Morgan fingerprint density at radius 3 is 2.62 bits per heavy atom. The van der Waals surface area contributed by atoms with Crippen molar-refractivity contribution in [3.63, 3.8) is 0 Å². The van der Waals surface area contributed by atoms with Gasteiger partial charge in [-0.25, -0.2) is 4.99 Å².